The first-order chi connectivity index (χ1) is 13.3. The van der Waals surface area contributed by atoms with Crippen LogP contribution in [0.3, 0.4) is 0 Å². The highest BCUT2D eigenvalue weighted by Gasteiger charge is 2.30. The van der Waals surface area contributed by atoms with E-state index in [0.29, 0.717) is 12.1 Å². The molecule has 0 aliphatic carbocycles. The van der Waals surface area contributed by atoms with E-state index in [2.05, 4.69) is 10.6 Å². The molecule has 1 aromatic rings. The highest BCUT2D eigenvalue weighted by Crippen LogP contribution is 2.36. The van der Waals surface area contributed by atoms with Crippen molar-refractivity contribution in [3.05, 3.63) is 24.3 Å². The number of benzene rings is 1. The number of esters is 2. The molecule has 0 aromatic heterocycles. The topological polar surface area (TPSA) is 111 Å². The van der Waals surface area contributed by atoms with Crippen molar-refractivity contribution in [1.29, 1.82) is 0 Å². The molecule has 0 saturated heterocycles. The van der Waals surface area contributed by atoms with Gasteiger partial charge in [0.2, 0.25) is 5.91 Å². The molecule has 2 N–H and O–H groups in total. The second-order valence-corrected chi connectivity index (χ2v) is 7.66. The number of amides is 2. The summed E-state index contributed by atoms with van der Waals surface area (Å²) >= 11 is 1.28. The molecule has 0 saturated carbocycles. The second kappa shape index (κ2) is 10.1. The van der Waals surface area contributed by atoms with Crippen LogP contribution in [0.15, 0.2) is 29.2 Å². The van der Waals surface area contributed by atoms with Crippen molar-refractivity contribution >= 4 is 41.2 Å². The number of hydrogen-bond acceptors (Lipinski definition) is 7. The molecule has 1 aliphatic rings. The maximum Gasteiger partial charge on any atom is 0.328 e. The molecule has 152 valence electrons. The molecule has 3 atom stereocenters. The van der Waals surface area contributed by atoms with Crippen LogP contribution in [-0.4, -0.2) is 48.8 Å². The summed E-state index contributed by atoms with van der Waals surface area (Å²) in [6.45, 7) is 3.17. The van der Waals surface area contributed by atoms with E-state index in [-0.39, 0.29) is 18.2 Å². The molecule has 0 radical (unpaired) electrons. The average Bonchev–Trinajstić information content (AvgIpc) is 2.69. The third-order valence-corrected chi connectivity index (χ3v) is 5.68. The molecule has 0 unspecified atom stereocenters. The van der Waals surface area contributed by atoms with Crippen molar-refractivity contribution in [3.8, 4) is 0 Å². The lowest BCUT2D eigenvalue weighted by Crippen LogP contribution is -2.47. The number of methoxy groups -OCH3 is 1. The molecule has 0 fully saturated rings. The normalized spacial score (nSPS) is 17.5. The van der Waals surface area contributed by atoms with Crippen LogP contribution in [0.1, 0.15) is 26.7 Å². The van der Waals surface area contributed by atoms with Gasteiger partial charge < -0.3 is 20.1 Å². The lowest BCUT2D eigenvalue weighted by molar-refractivity contribution is -0.151. The Bertz CT molecular complexity index is 754. The van der Waals surface area contributed by atoms with Gasteiger partial charge in [-0.05, 0) is 18.1 Å². The van der Waals surface area contributed by atoms with Crippen LogP contribution in [0, 0.1) is 5.92 Å². The summed E-state index contributed by atoms with van der Waals surface area (Å²) in [6, 6.07) is 6.49. The quantitative estimate of drug-likeness (QED) is 0.630. The number of fused-ring (bicyclic) bond motifs is 1. The van der Waals surface area contributed by atoms with Crippen LogP contribution in [0.5, 0.6) is 0 Å². The van der Waals surface area contributed by atoms with E-state index < -0.39 is 35.7 Å². The Kier molecular flexibility index (Phi) is 7.86. The van der Waals surface area contributed by atoms with E-state index in [1.165, 1.54) is 18.9 Å². The van der Waals surface area contributed by atoms with Crippen LogP contribution in [0.2, 0.25) is 0 Å². The Hall–Kier alpha value is -2.55. The van der Waals surface area contributed by atoms with Crippen LogP contribution in [0.25, 0.3) is 0 Å². The van der Waals surface area contributed by atoms with E-state index in [1.54, 1.807) is 6.07 Å². The highest BCUT2D eigenvalue weighted by atomic mass is 32.2. The molecular weight excluding hydrogens is 384 g/mol. The Morgan fingerprint density at radius 1 is 1.29 bits per heavy atom. The maximum absolute atomic E-state index is 12.1. The van der Waals surface area contributed by atoms with E-state index >= 15 is 0 Å². The summed E-state index contributed by atoms with van der Waals surface area (Å²) in [6.07, 6.45) is 0.499. The van der Waals surface area contributed by atoms with Gasteiger partial charge in [-0.2, -0.15) is 0 Å². The lowest BCUT2D eigenvalue weighted by Gasteiger charge is -2.23. The second-order valence-electron chi connectivity index (χ2n) is 6.41. The van der Waals surface area contributed by atoms with Crippen molar-refractivity contribution in [2.75, 3.05) is 19.0 Å². The summed E-state index contributed by atoms with van der Waals surface area (Å²) in [5.74, 6) is -2.24. The molecular formula is C19H24N2O6S. The van der Waals surface area contributed by atoms with Crippen molar-refractivity contribution < 1.29 is 28.7 Å². The zero-order chi connectivity index (χ0) is 20.7. The van der Waals surface area contributed by atoms with Gasteiger partial charge in [0, 0.05) is 4.90 Å². The number of ether oxygens (including phenoxy) is 2. The zero-order valence-corrected chi connectivity index (χ0v) is 16.8. The number of rotatable bonds is 8. The first-order valence-electron chi connectivity index (χ1n) is 8.95. The SMILES string of the molecule is CC[C@H](C)[C@@H](NC(=O)COC(=O)C[C@H]1Sc2ccccc2NC1=O)C(=O)OC. The summed E-state index contributed by atoms with van der Waals surface area (Å²) in [5.41, 5.74) is 0.709. The summed E-state index contributed by atoms with van der Waals surface area (Å²) in [4.78, 5) is 48.9. The molecule has 0 spiro atoms. The first kappa shape index (κ1) is 21.7. The van der Waals surface area contributed by atoms with Gasteiger partial charge in [0.25, 0.3) is 5.91 Å². The van der Waals surface area contributed by atoms with Crippen LogP contribution >= 0.6 is 11.8 Å². The molecule has 2 rings (SSSR count). The Morgan fingerprint density at radius 2 is 2.00 bits per heavy atom. The van der Waals surface area contributed by atoms with E-state index in [1.807, 2.05) is 32.0 Å². The summed E-state index contributed by atoms with van der Waals surface area (Å²) < 4.78 is 9.67. The van der Waals surface area contributed by atoms with Gasteiger partial charge in [-0.1, -0.05) is 32.4 Å². The van der Waals surface area contributed by atoms with Crippen molar-refractivity contribution in [3.63, 3.8) is 0 Å². The lowest BCUT2D eigenvalue weighted by atomic mass is 9.99. The molecule has 8 nitrogen and oxygen atoms in total. The number of carbonyl (C=O) groups excluding carboxylic acids is 4. The Morgan fingerprint density at radius 3 is 2.68 bits per heavy atom. The van der Waals surface area contributed by atoms with Gasteiger partial charge in [-0.3, -0.25) is 14.4 Å². The summed E-state index contributed by atoms with van der Waals surface area (Å²) in [5, 5.41) is 4.64. The third kappa shape index (κ3) is 5.72. The standard InChI is InChI=1S/C19H24N2O6S/c1-4-11(2)17(19(25)26-3)21-15(22)10-27-16(23)9-14-18(24)20-12-7-5-6-8-13(12)28-14/h5-8,11,14,17H,4,9-10H2,1-3H3,(H,20,24)(H,21,22)/t11-,14+,17+/m0/s1. The predicted molar refractivity (Wildman–Crippen MR) is 104 cm³/mol. The molecule has 1 aromatic carbocycles. The first-order valence-corrected chi connectivity index (χ1v) is 9.83. The van der Waals surface area contributed by atoms with Gasteiger partial charge in [0.1, 0.15) is 6.04 Å². The molecule has 1 heterocycles. The van der Waals surface area contributed by atoms with E-state index in [9.17, 15) is 19.2 Å². The van der Waals surface area contributed by atoms with Crippen molar-refractivity contribution in [2.45, 2.75) is 42.9 Å². The number of nitrogens with one attached hydrogen (secondary N) is 2. The smallest absolute Gasteiger partial charge is 0.328 e. The van der Waals surface area contributed by atoms with Crippen LogP contribution < -0.4 is 10.6 Å². The van der Waals surface area contributed by atoms with Gasteiger partial charge >= 0.3 is 11.9 Å². The number of thioether (sulfide) groups is 1. The maximum atomic E-state index is 12.1. The van der Waals surface area contributed by atoms with Crippen LogP contribution in [-0.2, 0) is 28.7 Å². The fourth-order valence-electron chi connectivity index (χ4n) is 2.59. The average molecular weight is 408 g/mol. The Labute approximate surface area is 167 Å². The highest BCUT2D eigenvalue weighted by molar-refractivity contribution is 8.01. The van der Waals surface area contributed by atoms with Gasteiger partial charge in [-0.25, -0.2) is 4.79 Å². The number of para-hydroxylation sites is 1. The third-order valence-electron chi connectivity index (χ3n) is 4.41. The van der Waals surface area contributed by atoms with Gasteiger partial charge in [-0.15, -0.1) is 11.8 Å². The van der Waals surface area contributed by atoms with Crippen molar-refractivity contribution in [2.24, 2.45) is 5.92 Å². The van der Waals surface area contributed by atoms with Gasteiger partial charge in [0.05, 0.1) is 24.5 Å². The van der Waals surface area contributed by atoms with E-state index in [0.717, 1.165) is 4.90 Å². The van der Waals surface area contributed by atoms with Crippen molar-refractivity contribution in [1.82, 2.24) is 5.32 Å². The molecule has 0 bridgehead atoms. The van der Waals surface area contributed by atoms with E-state index in [4.69, 9.17) is 9.47 Å². The minimum Gasteiger partial charge on any atom is -0.467 e. The minimum atomic E-state index is -0.808. The molecule has 28 heavy (non-hydrogen) atoms. The van der Waals surface area contributed by atoms with Gasteiger partial charge in [0.15, 0.2) is 6.61 Å². The predicted octanol–water partition coefficient (Wildman–Crippen LogP) is 1.74. The fraction of sp³-hybridized carbons (Fsp3) is 0.474. The largest absolute Gasteiger partial charge is 0.467 e. The molecule has 1 aliphatic heterocycles. The fourth-order valence-corrected chi connectivity index (χ4v) is 3.69. The minimum absolute atomic E-state index is 0.130. The molecule has 2 amide bonds. The number of hydrogen-bond donors (Lipinski definition) is 2. The Balaban J connectivity index is 1.84. The zero-order valence-electron chi connectivity index (χ0n) is 16.0. The number of carbonyl (C=O) groups is 4. The summed E-state index contributed by atoms with van der Waals surface area (Å²) in [7, 11) is 1.24. The molecule has 9 heteroatoms. The monoisotopic (exact) mass is 408 g/mol. The van der Waals surface area contributed by atoms with Crippen LogP contribution in [0.4, 0.5) is 5.69 Å². The number of anilines is 1.